The quantitative estimate of drug-likeness (QED) is 0.501. The van der Waals surface area contributed by atoms with Gasteiger partial charge in [0.2, 0.25) is 0 Å². The first-order valence-corrected chi connectivity index (χ1v) is 12.4. The van der Waals surface area contributed by atoms with Gasteiger partial charge < -0.3 is 14.8 Å². The van der Waals surface area contributed by atoms with Crippen molar-refractivity contribution in [3.8, 4) is 5.75 Å². The lowest BCUT2D eigenvalue weighted by Gasteiger charge is -2.24. The summed E-state index contributed by atoms with van der Waals surface area (Å²) >= 11 is 4.57. The molecule has 178 valence electrons. The first-order valence-electron chi connectivity index (χ1n) is 10.8. The lowest BCUT2D eigenvalue weighted by Crippen LogP contribution is -2.40. The summed E-state index contributed by atoms with van der Waals surface area (Å²) in [5.41, 5.74) is 2.59. The summed E-state index contributed by atoms with van der Waals surface area (Å²) in [6, 6.07) is 11.8. The molecule has 8 nitrogen and oxygen atoms in total. The fourth-order valence-corrected chi connectivity index (χ4v) is 5.81. The second kappa shape index (κ2) is 8.94. The van der Waals surface area contributed by atoms with Crippen molar-refractivity contribution in [2.45, 2.75) is 19.9 Å². The number of esters is 1. The van der Waals surface area contributed by atoms with Crippen LogP contribution in [0.1, 0.15) is 31.0 Å². The number of nitrogens with one attached hydrogen (secondary N) is 1. The molecular weight excluding hydrogens is 534 g/mol. The summed E-state index contributed by atoms with van der Waals surface area (Å²) in [4.78, 5) is 44.8. The molecule has 10 heteroatoms. The van der Waals surface area contributed by atoms with Crippen LogP contribution >= 0.6 is 27.3 Å². The Labute approximate surface area is 212 Å². The van der Waals surface area contributed by atoms with Crippen molar-refractivity contribution >= 4 is 50.4 Å². The van der Waals surface area contributed by atoms with Gasteiger partial charge in [-0.15, -0.1) is 0 Å². The molecule has 0 bridgehead atoms. The van der Waals surface area contributed by atoms with E-state index in [1.807, 2.05) is 6.07 Å². The minimum Gasteiger partial charge on any atom is -0.497 e. The molecule has 0 radical (unpaired) electrons. The average molecular weight is 554 g/mol. The highest BCUT2D eigenvalue weighted by atomic mass is 79.9. The third kappa shape index (κ3) is 3.82. The van der Waals surface area contributed by atoms with Crippen LogP contribution in [0.5, 0.6) is 5.75 Å². The van der Waals surface area contributed by atoms with Gasteiger partial charge in [0.15, 0.2) is 4.80 Å². The fraction of sp³-hybridized carbons (Fsp3) is 0.200. The Bertz CT molecular complexity index is 1600. The van der Waals surface area contributed by atoms with Gasteiger partial charge in [0.05, 0.1) is 36.6 Å². The summed E-state index contributed by atoms with van der Waals surface area (Å²) in [7, 11) is 1.57. The van der Waals surface area contributed by atoms with Crippen molar-refractivity contribution in [3.63, 3.8) is 0 Å². The maximum absolute atomic E-state index is 13.9. The summed E-state index contributed by atoms with van der Waals surface area (Å²) in [6.07, 6.45) is 0. The van der Waals surface area contributed by atoms with Crippen LogP contribution in [0.25, 0.3) is 5.57 Å². The number of hydrogen-bond acceptors (Lipinski definition) is 7. The van der Waals surface area contributed by atoms with Gasteiger partial charge in [-0.1, -0.05) is 39.4 Å². The summed E-state index contributed by atoms with van der Waals surface area (Å²) in [5.74, 6) is -0.252. The van der Waals surface area contributed by atoms with E-state index in [1.165, 1.54) is 4.57 Å². The second-order valence-electron chi connectivity index (χ2n) is 7.92. The van der Waals surface area contributed by atoms with E-state index in [0.29, 0.717) is 33.1 Å². The number of methoxy groups -OCH3 is 1. The van der Waals surface area contributed by atoms with E-state index >= 15 is 0 Å². The fourth-order valence-electron chi connectivity index (χ4n) is 4.31. The molecule has 2 aliphatic heterocycles. The van der Waals surface area contributed by atoms with Gasteiger partial charge in [-0.2, -0.15) is 0 Å². The Morgan fingerprint density at radius 1 is 1.20 bits per heavy atom. The largest absolute Gasteiger partial charge is 0.497 e. The van der Waals surface area contributed by atoms with Gasteiger partial charge in [-0.05, 0) is 49.7 Å². The van der Waals surface area contributed by atoms with E-state index in [4.69, 9.17) is 9.47 Å². The first kappa shape index (κ1) is 23.3. The molecule has 1 unspecified atom stereocenters. The molecule has 3 aromatic rings. The molecule has 1 aromatic heterocycles. The molecule has 35 heavy (non-hydrogen) atoms. The first-order chi connectivity index (χ1) is 16.8. The Morgan fingerprint density at radius 3 is 2.63 bits per heavy atom. The number of halogens is 1. The van der Waals surface area contributed by atoms with Crippen molar-refractivity contribution in [2.75, 3.05) is 19.0 Å². The van der Waals surface area contributed by atoms with E-state index in [-0.39, 0.29) is 28.2 Å². The number of fused-ring (bicyclic) bond motifs is 2. The molecule has 0 saturated heterocycles. The number of nitrogens with zero attached hydrogens (tertiary/aromatic N) is 2. The van der Waals surface area contributed by atoms with E-state index < -0.39 is 17.6 Å². The molecular formula is C25H20BrN3O5S. The lowest BCUT2D eigenvalue weighted by atomic mass is 9.96. The molecule has 2 aromatic carbocycles. The van der Waals surface area contributed by atoms with Gasteiger partial charge in [0.25, 0.3) is 11.5 Å². The van der Waals surface area contributed by atoms with Gasteiger partial charge in [-0.25, -0.2) is 9.79 Å². The van der Waals surface area contributed by atoms with Crippen molar-refractivity contribution < 1.29 is 19.1 Å². The average Bonchev–Trinajstić information content (AvgIpc) is 3.33. The minimum absolute atomic E-state index is 0.186. The number of ether oxygens (including phenoxy) is 2. The second-order valence-corrected chi connectivity index (χ2v) is 9.81. The molecule has 1 amide bonds. The number of hydrogen-bond donors (Lipinski definition) is 1. The standard InChI is InChI=1S/C25H20BrN3O5S/c1-4-34-24(32)18-12(2)27-25-29(20(18)13-5-8-15(33-3)9-6-13)23(31)21(35-25)19-16-11-14(26)7-10-17(16)28-22(19)30/h5-11,20H,4H2,1-3H3,(H,28,30)/b21-19-. The number of anilines is 1. The molecule has 2 aliphatic rings. The predicted molar refractivity (Wildman–Crippen MR) is 135 cm³/mol. The molecule has 0 fully saturated rings. The van der Waals surface area contributed by atoms with E-state index in [2.05, 4.69) is 26.2 Å². The number of aromatic nitrogens is 1. The number of amides is 1. The van der Waals surface area contributed by atoms with Crippen LogP contribution in [0, 0.1) is 0 Å². The van der Waals surface area contributed by atoms with Gasteiger partial charge >= 0.3 is 5.97 Å². The SMILES string of the molecule is CCOC(=O)C1=C(C)N=c2s/c(=C3\C(=O)Nc4ccc(Br)cc43)c(=O)n2C1c1ccc(OC)cc1. The maximum Gasteiger partial charge on any atom is 0.338 e. The molecule has 1 atom stereocenters. The third-order valence-electron chi connectivity index (χ3n) is 5.88. The van der Waals surface area contributed by atoms with E-state index in [1.54, 1.807) is 57.4 Å². The zero-order chi connectivity index (χ0) is 24.9. The normalized spacial score (nSPS) is 17.9. The Kier molecular flexibility index (Phi) is 5.94. The lowest BCUT2D eigenvalue weighted by molar-refractivity contribution is -0.139. The number of benzene rings is 2. The molecule has 0 saturated carbocycles. The van der Waals surface area contributed by atoms with Gasteiger partial charge in [0.1, 0.15) is 10.3 Å². The molecule has 0 spiro atoms. The summed E-state index contributed by atoms with van der Waals surface area (Å²) < 4.78 is 13.1. The van der Waals surface area contributed by atoms with Crippen molar-refractivity contribution in [3.05, 3.63) is 89.0 Å². The zero-order valence-electron chi connectivity index (χ0n) is 19.0. The van der Waals surface area contributed by atoms with E-state index in [0.717, 1.165) is 15.8 Å². The highest BCUT2D eigenvalue weighted by Crippen LogP contribution is 2.34. The van der Waals surface area contributed by atoms with Crippen LogP contribution in [0.2, 0.25) is 0 Å². The van der Waals surface area contributed by atoms with Crippen molar-refractivity contribution in [1.29, 1.82) is 0 Å². The van der Waals surface area contributed by atoms with E-state index in [9.17, 15) is 14.4 Å². The number of rotatable bonds is 4. The van der Waals surface area contributed by atoms with Crippen LogP contribution in [0.3, 0.4) is 0 Å². The Hall–Kier alpha value is -3.50. The summed E-state index contributed by atoms with van der Waals surface area (Å²) in [6.45, 7) is 3.63. The number of thiazole rings is 1. The van der Waals surface area contributed by atoms with Crippen molar-refractivity contribution in [2.24, 2.45) is 4.99 Å². The third-order valence-corrected chi connectivity index (χ3v) is 7.42. The number of allylic oxidation sites excluding steroid dienone is 1. The predicted octanol–water partition coefficient (Wildman–Crippen LogP) is 2.89. The number of carbonyl (C=O) groups is 2. The monoisotopic (exact) mass is 553 g/mol. The Balaban J connectivity index is 1.81. The van der Waals surface area contributed by atoms with Crippen LogP contribution in [0.4, 0.5) is 5.69 Å². The highest BCUT2D eigenvalue weighted by Gasteiger charge is 2.35. The van der Waals surface area contributed by atoms with Crippen LogP contribution in [0.15, 0.2) is 68.0 Å². The van der Waals surface area contributed by atoms with Crippen LogP contribution in [-0.2, 0) is 14.3 Å². The van der Waals surface area contributed by atoms with Gasteiger partial charge in [-0.3, -0.25) is 14.2 Å². The Morgan fingerprint density at radius 2 is 1.94 bits per heavy atom. The summed E-state index contributed by atoms with van der Waals surface area (Å²) in [5, 5.41) is 2.82. The van der Waals surface area contributed by atoms with Gasteiger partial charge in [0, 0.05) is 15.7 Å². The zero-order valence-corrected chi connectivity index (χ0v) is 21.5. The topological polar surface area (TPSA) is 99.0 Å². The van der Waals surface area contributed by atoms with Crippen molar-refractivity contribution in [1.82, 2.24) is 4.57 Å². The van der Waals surface area contributed by atoms with Crippen LogP contribution < -0.4 is 24.9 Å². The highest BCUT2D eigenvalue weighted by molar-refractivity contribution is 9.10. The molecule has 3 heterocycles. The molecule has 0 aliphatic carbocycles. The molecule has 5 rings (SSSR count). The smallest absolute Gasteiger partial charge is 0.338 e. The maximum atomic E-state index is 13.9. The molecule has 1 N–H and O–H groups in total. The van der Waals surface area contributed by atoms with Crippen LogP contribution in [-0.4, -0.2) is 30.2 Å². The minimum atomic E-state index is -0.767. The number of carbonyl (C=O) groups excluding carboxylic acids is 2.